The van der Waals surface area contributed by atoms with Crippen LogP contribution in [0.3, 0.4) is 0 Å². The zero-order chi connectivity index (χ0) is 21.3. The standard InChI is InChI=1S/C21H26N4O5/c1-12(18(26)24-21(29)22-14-5-2-3-6-14)30-20(28)13-8-9-16-15(11-13)23-19(27)17-7-4-10-25(16)17/h8-9,11-12,14,17H,2-7,10H2,1H3,(H,23,27)(H2,22,24,26,29)/t12-,17+/m0/s1. The molecule has 9 nitrogen and oxygen atoms in total. The second-order valence-corrected chi connectivity index (χ2v) is 8.06. The van der Waals surface area contributed by atoms with E-state index in [4.69, 9.17) is 4.74 Å². The van der Waals surface area contributed by atoms with Crippen LogP contribution in [-0.2, 0) is 14.3 Å². The summed E-state index contributed by atoms with van der Waals surface area (Å²) in [7, 11) is 0. The molecule has 2 atom stereocenters. The first-order chi connectivity index (χ1) is 14.4. The number of nitrogens with one attached hydrogen (secondary N) is 3. The van der Waals surface area contributed by atoms with E-state index in [2.05, 4.69) is 16.0 Å². The van der Waals surface area contributed by atoms with Gasteiger partial charge in [-0.15, -0.1) is 0 Å². The molecule has 3 N–H and O–H groups in total. The van der Waals surface area contributed by atoms with E-state index < -0.39 is 24.0 Å². The van der Waals surface area contributed by atoms with Gasteiger partial charge in [0.25, 0.3) is 5.91 Å². The van der Waals surface area contributed by atoms with Gasteiger partial charge in [-0.1, -0.05) is 12.8 Å². The van der Waals surface area contributed by atoms with Gasteiger partial charge in [0.05, 0.1) is 16.9 Å². The number of carbonyl (C=O) groups excluding carboxylic acids is 4. The van der Waals surface area contributed by atoms with Crippen LogP contribution in [0.25, 0.3) is 0 Å². The Bertz CT molecular complexity index is 880. The molecule has 1 saturated carbocycles. The van der Waals surface area contributed by atoms with Gasteiger partial charge >= 0.3 is 12.0 Å². The fourth-order valence-electron chi connectivity index (χ4n) is 4.34. The lowest BCUT2D eigenvalue weighted by Gasteiger charge is -2.33. The van der Waals surface area contributed by atoms with Gasteiger partial charge in [-0.2, -0.15) is 0 Å². The van der Waals surface area contributed by atoms with Crippen LogP contribution >= 0.6 is 0 Å². The summed E-state index contributed by atoms with van der Waals surface area (Å²) < 4.78 is 5.22. The predicted molar refractivity (Wildman–Crippen MR) is 109 cm³/mol. The van der Waals surface area contributed by atoms with E-state index in [0.29, 0.717) is 5.69 Å². The zero-order valence-corrected chi connectivity index (χ0v) is 16.9. The number of carbonyl (C=O) groups is 4. The molecule has 2 aliphatic heterocycles. The number of fused-ring (bicyclic) bond motifs is 3. The summed E-state index contributed by atoms with van der Waals surface area (Å²) in [5, 5.41) is 7.81. The van der Waals surface area contributed by atoms with Crippen LogP contribution in [0.15, 0.2) is 18.2 Å². The van der Waals surface area contributed by atoms with Crippen molar-refractivity contribution in [1.29, 1.82) is 0 Å². The number of benzene rings is 1. The molecule has 2 fully saturated rings. The van der Waals surface area contributed by atoms with E-state index in [1.54, 1.807) is 18.2 Å². The molecule has 30 heavy (non-hydrogen) atoms. The van der Waals surface area contributed by atoms with E-state index in [-0.39, 0.29) is 23.6 Å². The Morgan fingerprint density at radius 1 is 1.17 bits per heavy atom. The molecule has 2 heterocycles. The van der Waals surface area contributed by atoms with Crippen LogP contribution in [0, 0.1) is 0 Å². The normalized spacial score (nSPS) is 21.3. The highest BCUT2D eigenvalue weighted by Gasteiger charge is 2.36. The summed E-state index contributed by atoms with van der Waals surface area (Å²) in [5.41, 5.74) is 1.66. The van der Waals surface area contributed by atoms with Crippen molar-refractivity contribution in [3.8, 4) is 0 Å². The minimum absolute atomic E-state index is 0.0773. The Hall–Kier alpha value is -3.10. The predicted octanol–water partition coefficient (Wildman–Crippen LogP) is 1.92. The van der Waals surface area contributed by atoms with Crippen LogP contribution in [-0.4, -0.2) is 48.5 Å². The fourth-order valence-corrected chi connectivity index (χ4v) is 4.34. The van der Waals surface area contributed by atoms with Crippen molar-refractivity contribution in [2.75, 3.05) is 16.8 Å². The van der Waals surface area contributed by atoms with Crippen LogP contribution in [0.2, 0.25) is 0 Å². The van der Waals surface area contributed by atoms with Crippen molar-refractivity contribution in [1.82, 2.24) is 10.6 Å². The smallest absolute Gasteiger partial charge is 0.338 e. The third-order valence-corrected chi connectivity index (χ3v) is 5.94. The lowest BCUT2D eigenvalue weighted by molar-refractivity contribution is -0.128. The number of hydrogen-bond donors (Lipinski definition) is 3. The molecule has 160 valence electrons. The van der Waals surface area contributed by atoms with Crippen molar-refractivity contribution < 1.29 is 23.9 Å². The first-order valence-electron chi connectivity index (χ1n) is 10.5. The molecule has 3 aliphatic rings. The SMILES string of the molecule is C[C@H](OC(=O)c1ccc2c(c1)NC(=O)[C@H]1CCCN21)C(=O)NC(=O)NC1CCCC1. The largest absolute Gasteiger partial charge is 0.449 e. The molecule has 9 heteroatoms. The van der Waals surface area contributed by atoms with E-state index in [1.165, 1.54) is 6.92 Å². The molecule has 0 spiro atoms. The monoisotopic (exact) mass is 414 g/mol. The van der Waals surface area contributed by atoms with Gasteiger partial charge in [-0.3, -0.25) is 14.9 Å². The number of anilines is 2. The number of urea groups is 1. The third-order valence-electron chi connectivity index (χ3n) is 5.94. The van der Waals surface area contributed by atoms with Crippen molar-refractivity contribution in [2.45, 2.75) is 63.6 Å². The Morgan fingerprint density at radius 3 is 2.70 bits per heavy atom. The van der Waals surface area contributed by atoms with E-state index in [9.17, 15) is 19.2 Å². The Morgan fingerprint density at radius 2 is 1.93 bits per heavy atom. The molecular formula is C21H26N4O5. The molecule has 0 aromatic heterocycles. The van der Waals surface area contributed by atoms with E-state index in [1.807, 2.05) is 4.90 Å². The number of nitrogens with zero attached hydrogens (tertiary/aromatic N) is 1. The van der Waals surface area contributed by atoms with E-state index >= 15 is 0 Å². The van der Waals surface area contributed by atoms with Gasteiger partial charge < -0.3 is 20.3 Å². The summed E-state index contributed by atoms with van der Waals surface area (Å²) in [4.78, 5) is 50.9. The van der Waals surface area contributed by atoms with Crippen molar-refractivity contribution in [3.05, 3.63) is 23.8 Å². The zero-order valence-electron chi connectivity index (χ0n) is 16.9. The maximum Gasteiger partial charge on any atom is 0.338 e. The minimum atomic E-state index is -1.14. The summed E-state index contributed by atoms with van der Waals surface area (Å²) in [6.07, 6.45) is 4.55. The van der Waals surface area contributed by atoms with E-state index in [0.717, 1.165) is 50.8 Å². The highest BCUT2D eigenvalue weighted by Crippen LogP contribution is 2.37. The van der Waals surface area contributed by atoms with Crippen LogP contribution in [0.4, 0.5) is 16.2 Å². The molecule has 0 radical (unpaired) electrons. The second kappa shape index (κ2) is 8.33. The maximum atomic E-state index is 12.5. The summed E-state index contributed by atoms with van der Waals surface area (Å²) in [5.74, 6) is -1.47. The maximum absolute atomic E-state index is 12.5. The Balaban J connectivity index is 1.35. The first-order valence-corrected chi connectivity index (χ1v) is 10.5. The number of rotatable bonds is 4. The van der Waals surface area contributed by atoms with Crippen LogP contribution in [0.5, 0.6) is 0 Å². The summed E-state index contributed by atoms with van der Waals surface area (Å²) >= 11 is 0. The number of hydrogen-bond acceptors (Lipinski definition) is 6. The third kappa shape index (κ3) is 4.10. The molecule has 1 aromatic rings. The average Bonchev–Trinajstić information content (AvgIpc) is 3.39. The Kier molecular flexibility index (Phi) is 5.61. The van der Waals surface area contributed by atoms with Crippen LogP contribution < -0.4 is 20.9 Å². The molecule has 1 aromatic carbocycles. The number of imide groups is 1. The molecular weight excluding hydrogens is 388 g/mol. The van der Waals surface area contributed by atoms with Gasteiger partial charge in [0.15, 0.2) is 6.10 Å². The second-order valence-electron chi connectivity index (χ2n) is 8.06. The van der Waals surface area contributed by atoms with Gasteiger partial charge in [-0.05, 0) is 50.8 Å². The lowest BCUT2D eigenvalue weighted by atomic mass is 10.1. The topological polar surface area (TPSA) is 117 Å². The first kappa shape index (κ1) is 20.2. The lowest BCUT2D eigenvalue weighted by Crippen LogP contribution is -2.47. The Labute approximate surface area is 174 Å². The van der Waals surface area contributed by atoms with Crippen molar-refractivity contribution >= 4 is 35.2 Å². The number of amides is 4. The molecule has 1 aliphatic carbocycles. The van der Waals surface area contributed by atoms with Crippen molar-refractivity contribution in [2.24, 2.45) is 0 Å². The van der Waals surface area contributed by atoms with Crippen LogP contribution in [0.1, 0.15) is 55.8 Å². The number of ether oxygens (including phenoxy) is 1. The highest BCUT2D eigenvalue weighted by atomic mass is 16.5. The molecule has 4 rings (SSSR count). The molecule has 0 bridgehead atoms. The molecule has 1 saturated heterocycles. The van der Waals surface area contributed by atoms with Gasteiger partial charge in [0.2, 0.25) is 5.91 Å². The van der Waals surface area contributed by atoms with Crippen molar-refractivity contribution in [3.63, 3.8) is 0 Å². The summed E-state index contributed by atoms with van der Waals surface area (Å²) in [6, 6.07) is 4.30. The average molecular weight is 414 g/mol. The summed E-state index contributed by atoms with van der Waals surface area (Å²) in [6.45, 7) is 2.21. The fraction of sp³-hybridized carbons (Fsp3) is 0.524. The van der Waals surface area contributed by atoms with Gasteiger partial charge in [0.1, 0.15) is 6.04 Å². The molecule has 0 unspecified atom stereocenters. The number of esters is 1. The van der Waals surface area contributed by atoms with Gasteiger partial charge in [-0.25, -0.2) is 9.59 Å². The quantitative estimate of drug-likeness (QED) is 0.648. The molecule has 4 amide bonds. The van der Waals surface area contributed by atoms with Gasteiger partial charge in [0, 0.05) is 12.6 Å². The highest BCUT2D eigenvalue weighted by molar-refractivity contribution is 6.06. The minimum Gasteiger partial charge on any atom is -0.449 e.